The second-order valence-electron chi connectivity index (χ2n) is 7.17. The highest BCUT2D eigenvalue weighted by atomic mass is 14.5. The van der Waals surface area contributed by atoms with Gasteiger partial charge in [-0.3, -0.25) is 0 Å². The van der Waals surface area contributed by atoms with Crippen LogP contribution in [0.2, 0.25) is 0 Å². The lowest BCUT2D eigenvalue weighted by Crippen LogP contribution is -2.43. The summed E-state index contributed by atoms with van der Waals surface area (Å²) in [6.07, 6.45) is 14.3. The molecule has 0 N–H and O–H groups in total. The largest absolute Gasteiger partial charge is 0.0842 e. The molecule has 0 radical (unpaired) electrons. The zero-order valence-electron chi connectivity index (χ0n) is 11.6. The zero-order valence-corrected chi connectivity index (χ0v) is 11.6. The normalized spacial score (nSPS) is 43.6. The first-order chi connectivity index (χ1) is 8.09. The Morgan fingerprint density at radius 2 is 2.00 bits per heavy atom. The van der Waals surface area contributed by atoms with Crippen LogP contribution in [0.4, 0.5) is 0 Å². The Morgan fingerprint density at radius 3 is 2.82 bits per heavy atom. The lowest BCUT2D eigenvalue weighted by molar-refractivity contribution is 0.0144. The van der Waals surface area contributed by atoms with Gasteiger partial charge in [-0.05, 0) is 66.8 Å². The molecule has 3 aliphatic carbocycles. The van der Waals surface area contributed by atoms with Crippen LogP contribution in [0.3, 0.4) is 0 Å². The quantitative estimate of drug-likeness (QED) is 0.551. The third kappa shape index (κ3) is 1.80. The summed E-state index contributed by atoms with van der Waals surface area (Å²) in [7, 11) is 0. The molecule has 0 heteroatoms. The second kappa shape index (κ2) is 4.00. The molecule has 3 aliphatic rings. The molecule has 1 fully saturated rings. The van der Waals surface area contributed by atoms with Crippen molar-refractivity contribution in [3.63, 3.8) is 0 Å². The van der Waals surface area contributed by atoms with Gasteiger partial charge in [0.15, 0.2) is 0 Å². The molecule has 0 bridgehead atoms. The van der Waals surface area contributed by atoms with Crippen LogP contribution in [0, 0.1) is 29.1 Å². The van der Waals surface area contributed by atoms with E-state index in [1.165, 1.54) is 32.1 Å². The van der Waals surface area contributed by atoms with Crippen LogP contribution in [-0.2, 0) is 0 Å². The highest BCUT2D eigenvalue weighted by Gasteiger charge is 2.45. The van der Waals surface area contributed by atoms with E-state index in [0.717, 1.165) is 23.7 Å². The fraction of sp³-hybridized carbons (Fsp3) is 0.765. The Morgan fingerprint density at radius 1 is 1.18 bits per heavy atom. The summed E-state index contributed by atoms with van der Waals surface area (Å²) in [5.74, 6) is 3.74. The smallest absolute Gasteiger partial charge is 0.0131 e. The number of rotatable bonds is 0. The third-order valence-electron chi connectivity index (χ3n) is 6.07. The maximum atomic E-state index is 2.55. The number of fused-ring (bicyclic) bond motifs is 3. The number of allylic oxidation sites excluding steroid dienone is 4. The van der Waals surface area contributed by atoms with E-state index in [9.17, 15) is 0 Å². The molecule has 1 saturated carbocycles. The minimum absolute atomic E-state index is 0.566. The first-order valence-electron chi connectivity index (χ1n) is 7.46. The molecule has 0 nitrogen and oxygen atoms in total. The van der Waals surface area contributed by atoms with E-state index in [1.54, 1.807) is 5.57 Å². The van der Waals surface area contributed by atoms with Crippen molar-refractivity contribution in [2.24, 2.45) is 29.1 Å². The fourth-order valence-corrected chi connectivity index (χ4v) is 4.55. The van der Waals surface area contributed by atoms with Crippen molar-refractivity contribution >= 4 is 0 Å². The molecule has 4 unspecified atom stereocenters. The summed E-state index contributed by atoms with van der Waals surface area (Å²) < 4.78 is 0. The van der Waals surface area contributed by atoms with E-state index in [1.807, 2.05) is 0 Å². The van der Waals surface area contributed by atoms with Crippen molar-refractivity contribution in [1.29, 1.82) is 0 Å². The van der Waals surface area contributed by atoms with Gasteiger partial charge < -0.3 is 0 Å². The van der Waals surface area contributed by atoms with Gasteiger partial charge in [0.05, 0.1) is 0 Å². The molecule has 0 aliphatic heterocycles. The maximum Gasteiger partial charge on any atom is -0.0131 e. The molecule has 0 amide bonds. The minimum Gasteiger partial charge on any atom is -0.0842 e. The highest BCUT2D eigenvalue weighted by Crippen LogP contribution is 2.54. The first-order valence-corrected chi connectivity index (χ1v) is 7.46. The molecule has 0 aromatic heterocycles. The van der Waals surface area contributed by atoms with Crippen LogP contribution in [0.1, 0.15) is 52.9 Å². The molecule has 4 atom stereocenters. The van der Waals surface area contributed by atoms with Crippen LogP contribution in [-0.4, -0.2) is 0 Å². The van der Waals surface area contributed by atoms with Crippen LogP contribution in [0.5, 0.6) is 0 Å². The Bertz CT molecular complexity index is 358. The van der Waals surface area contributed by atoms with Gasteiger partial charge in [-0.1, -0.05) is 39.0 Å². The Kier molecular flexibility index (Phi) is 2.72. The number of hydrogen-bond acceptors (Lipinski definition) is 0. The van der Waals surface area contributed by atoms with Gasteiger partial charge in [-0.25, -0.2) is 0 Å². The predicted octanol–water partition coefficient (Wildman–Crippen LogP) is 4.97. The first kappa shape index (κ1) is 11.6. The van der Waals surface area contributed by atoms with Crippen molar-refractivity contribution in [2.45, 2.75) is 52.9 Å². The van der Waals surface area contributed by atoms with Crippen molar-refractivity contribution < 1.29 is 0 Å². The summed E-state index contributed by atoms with van der Waals surface area (Å²) in [6.45, 7) is 7.47. The van der Waals surface area contributed by atoms with Crippen LogP contribution in [0.15, 0.2) is 23.8 Å². The van der Waals surface area contributed by atoms with Gasteiger partial charge in [0.2, 0.25) is 0 Å². The minimum atomic E-state index is 0.566. The Hall–Kier alpha value is -0.520. The lowest BCUT2D eigenvalue weighted by Gasteiger charge is -2.51. The number of hydrogen-bond donors (Lipinski definition) is 0. The summed E-state index contributed by atoms with van der Waals surface area (Å²) in [4.78, 5) is 0. The monoisotopic (exact) mass is 230 g/mol. The van der Waals surface area contributed by atoms with E-state index in [4.69, 9.17) is 0 Å². The molecule has 17 heavy (non-hydrogen) atoms. The summed E-state index contributed by atoms with van der Waals surface area (Å²) in [6, 6.07) is 0. The Labute approximate surface area is 106 Å². The second-order valence-corrected chi connectivity index (χ2v) is 7.17. The molecule has 3 rings (SSSR count). The van der Waals surface area contributed by atoms with Gasteiger partial charge in [0.1, 0.15) is 0 Å². The molecule has 0 aromatic carbocycles. The van der Waals surface area contributed by atoms with E-state index in [2.05, 4.69) is 39.0 Å². The fourth-order valence-electron chi connectivity index (χ4n) is 4.55. The van der Waals surface area contributed by atoms with Gasteiger partial charge in [0.25, 0.3) is 0 Å². The average molecular weight is 230 g/mol. The van der Waals surface area contributed by atoms with E-state index in [-0.39, 0.29) is 0 Å². The van der Waals surface area contributed by atoms with Crippen LogP contribution < -0.4 is 0 Å². The van der Waals surface area contributed by atoms with E-state index >= 15 is 0 Å². The molecule has 0 saturated heterocycles. The maximum absolute atomic E-state index is 2.55. The van der Waals surface area contributed by atoms with Crippen LogP contribution in [0.25, 0.3) is 0 Å². The molecule has 0 heterocycles. The SMILES string of the molecule is CC1C2CC=C3C=CCCC3C2CCC1(C)C. The van der Waals surface area contributed by atoms with E-state index in [0.29, 0.717) is 5.41 Å². The van der Waals surface area contributed by atoms with Gasteiger partial charge in [0, 0.05) is 0 Å². The Balaban J connectivity index is 1.89. The molecule has 0 spiro atoms. The van der Waals surface area contributed by atoms with Gasteiger partial charge in [-0.15, -0.1) is 0 Å². The molecule has 0 aromatic rings. The lowest BCUT2D eigenvalue weighted by atomic mass is 9.54. The molecular formula is C17H26. The highest BCUT2D eigenvalue weighted by molar-refractivity contribution is 5.28. The van der Waals surface area contributed by atoms with Crippen molar-refractivity contribution in [1.82, 2.24) is 0 Å². The average Bonchev–Trinajstić information content (AvgIpc) is 2.33. The molecular weight excluding hydrogens is 204 g/mol. The van der Waals surface area contributed by atoms with Crippen LogP contribution >= 0.6 is 0 Å². The summed E-state index contributed by atoms with van der Waals surface area (Å²) in [5.41, 5.74) is 2.24. The summed E-state index contributed by atoms with van der Waals surface area (Å²) >= 11 is 0. The topological polar surface area (TPSA) is 0 Å². The zero-order chi connectivity index (χ0) is 12.0. The standard InChI is InChI=1S/C17H26/c1-12-14-9-8-13-6-4-5-7-15(13)16(14)10-11-17(12,2)3/h4,6,8,12,14-16H,5,7,9-11H2,1-3H3. The summed E-state index contributed by atoms with van der Waals surface area (Å²) in [5, 5.41) is 0. The van der Waals surface area contributed by atoms with Crippen molar-refractivity contribution in [3.05, 3.63) is 23.8 Å². The predicted molar refractivity (Wildman–Crippen MR) is 73.7 cm³/mol. The third-order valence-corrected chi connectivity index (χ3v) is 6.07. The van der Waals surface area contributed by atoms with Crippen molar-refractivity contribution in [2.75, 3.05) is 0 Å². The van der Waals surface area contributed by atoms with E-state index < -0.39 is 0 Å². The van der Waals surface area contributed by atoms with Gasteiger partial charge >= 0.3 is 0 Å². The van der Waals surface area contributed by atoms with Gasteiger partial charge in [-0.2, -0.15) is 0 Å². The van der Waals surface area contributed by atoms with Crippen molar-refractivity contribution in [3.8, 4) is 0 Å². The molecule has 94 valence electrons.